The molecule has 4 nitrogen and oxygen atoms in total. The molecule has 0 aliphatic rings. The molecule has 0 N–H and O–H groups in total. The van der Waals surface area contributed by atoms with Gasteiger partial charge in [0.15, 0.2) is 5.76 Å². The molecule has 0 spiro atoms. The molecule has 88 valence electrons. The monoisotopic (exact) mass is 296 g/mol. The van der Waals surface area contributed by atoms with E-state index in [1.54, 1.807) is 12.1 Å². The molecule has 0 amide bonds. The lowest BCUT2D eigenvalue weighted by Crippen LogP contribution is -2.08. The lowest BCUT2D eigenvalue weighted by molar-refractivity contribution is -0.139. The van der Waals surface area contributed by atoms with Gasteiger partial charge in [-0.25, -0.2) is 0 Å². The highest BCUT2D eigenvalue weighted by molar-refractivity contribution is 9.10. The number of hydrogen-bond donors (Lipinski definition) is 0. The second kappa shape index (κ2) is 4.71. The number of hydrogen-bond acceptors (Lipinski definition) is 4. The predicted octanol–water partition coefficient (Wildman–Crippen LogP) is 2.94. The van der Waals surface area contributed by atoms with Gasteiger partial charge in [-0.1, -0.05) is 15.9 Å². The molecule has 0 saturated heterocycles. The summed E-state index contributed by atoms with van der Waals surface area (Å²) in [6.07, 6.45) is -0.308. The molecule has 0 saturated carbocycles. The van der Waals surface area contributed by atoms with E-state index in [0.29, 0.717) is 5.58 Å². The quantitative estimate of drug-likeness (QED) is 0.496. The number of rotatable bonds is 3. The van der Waals surface area contributed by atoms with Gasteiger partial charge in [-0.3, -0.25) is 9.59 Å². The smallest absolute Gasteiger partial charge is 0.313 e. The zero-order valence-corrected chi connectivity index (χ0v) is 10.6. The second-order valence-corrected chi connectivity index (χ2v) is 4.38. The van der Waals surface area contributed by atoms with Crippen LogP contribution in [0.3, 0.4) is 0 Å². The molecule has 0 radical (unpaired) electrons. The third kappa shape index (κ3) is 2.55. The maximum absolute atomic E-state index is 11.7. The first-order valence-electron chi connectivity index (χ1n) is 4.89. The van der Waals surface area contributed by atoms with Crippen LogP contribution in [0.25, 0.3) is 11.0 Å². The van der Waals surface area contributed by atoms with Gasteiger partial charge >= 0.3 is 5.97 Å². The summed E-state index contributed by atoms with van der Waals surface area (Å²) in [5.74, 6) is -0.788. The van der Waals surface area contributed by atoms with Crippen molar-refractivity contribution in [3.8, 4) is 0 Å². The number of furan rings is 1. The van der Waals surface area contributed by atoms with Gasteiger partial charge in [0.2, 0.25) is 5.78 Å². The number of esters is 1. The number of halogens is 1. The first kappa shape index (κ1) is 11.9. The van der Waals surface area contributed by atoms with Gasteiger partial charge in [-0.2, -0.15) is 0 Å². The van der Waals surface area contributed by atoms with E-state index in [0.717, 1.165) is 9.86 Å². The van der Waals surface area contributed by atoms with Crippen molar-refractivity contribution < 1.29 is 18.7 Å². The number of benzene rings is 1. The zero-order valence-electron chi connectivity index (χ0n) is 9.03. The molecule has 17 heavy (non-hydrogen) atoms. The molecule has 0 bridgehead atoms. The van der Waals surface area contributed by atoms with Gasteiger partial charge in [0, 0.05) is 9.86 Å². The van der Waals surface area contributed by atoms with Crippen LogP contribution >= 0.6 is 15.9 Å². The van der Waals surface area contributed by atoms with Crippen LogP contribution in [0.15, 0.2) is 33.2 Å². The summed E-state index contributed by atoms with van der Waals surface area (Å²) in [5.41, 5.74) is 0.604. The number of ether oxygens (including phenoxy) is 1. The van der Waals surface area contributed by atoms with Crippen molar-refractivity contribution in [2.45, 2.75) is 6.42 Å². The normalized spacial score (nSPS) is 10.5. The van der Waals surface area contributed by atoms with Crippen LogP contribution in [0.2, 0.25) is 0 Å². The predicted molar refractivity (Wildman–Crippen MR) is 64.9 cm³/mol. The summed E-state index contributed by atoms with van der Waals surface area (Å²) < 4.78 is 10.7. The molecule has 0 atom stereocenters. The summed E-state index contributed by atoms with van der Waals surface area (Å²) in [6.45, 7) is 0. The van der Waals surface area contributed by atoms with Gasteiger partial charge < -0.3 is 9.15 Å². The summed E-state index contributed by atoms with van der Waals surface area (Å²) in [7, 11) is 1.24. The average Bonchev–Trinajstić information content (AvgIpc) is 2.71. The van der Waals surface area contributed by atoms with E-state index in [-0.39, 0.29) is 18.0 Å². The minimum Gasteiger partial charge on any atom is -0.469 e. The number of carbonyl (C=O) groups excluding carboxylic acids is 2. The summed E-state index contributed by atoms with van der Waals surface area (Å²) in [5, 5.41) is 0.821. The van der Waals surface area contributed by atoms with Crippen LogP contribution in [0.4, 0.5) is 0 Å². The molecule has 2 rings (SSSR count). The minimum atomic E-state index is -0.573. The Bertz CT molecular complexity index is 585. The maximum atomic E-state index is 11.7. The number of fused-ring (bicyclic) bond motifs is 1. The Morgan fingerprint density at radius 1 is 1.35 bits per heavy atom. The number of carbonyl (C=O) groups is 2. The van der Waals surface area contributed by atoms with Crippen LogP contribution in [-0.4, -0.2) is 18.9 Å². The maximum Gasteiger partial charge on any atom is 0.313 e. The molecule has 0 unspecified atom stereocenters. The van der Waals surface area contributed by atoms with Gasteiger partial charge in [0.05, 0.1) is 7.11 Å². The van der Waals surface area contributed by atoms with E-state index in [2.05, 4.69) is 20.7 Å². The van der Waals surface area contributed by atoms with Crippen molar-refractivity contribution in [2.75, 3.05) is 7.11 Å². The van der Waals surface area contributed by atoms with Crippen LogP contribution in [0.5, 0.6) is 0 Å². The Kier molecular flexibility index (Phi) is 3.28. The van der Waals surface area contributed by atoms with Crippen molar-refractivity contribution in [3.05, 3.63) is 34.5 Å². The molecule has 5 heteroatoms. The molecule has 0 fully saturated rings. The van der Waals surface area contributed by atoms with Crippen molar-refractivity contribution in [1.82, 2.24) is 0 Å². The Hall–Kier alpha value is -1.62. The Labute approximate surface area is 106 Å². The molecule has 1 aromatic heterocycles. The number of methoxy groups -OCH3 is 1. The molecular formula is C12H9BrO4. The number of ketones is 1. The van der Waals surface area contributed by atoms with Crippen LogP contribution < -0.4 is 0 Å². The van der Waals surface area contributed by atoms with Gasteiger partial charge in [-0.15, -0.1) is 0 Å². The topological polar surface area (TPSA) is 56.5 Å². The highest BCUT2D eigenvalue weighted by atomic mass is 79.9. The van der Waals surface area contributed by atoms with E-state index in [4.69, 9.17) is 4.42 Å². The highest BCUT2D eigenvalue weighted by Crippen LogP contribution is 2.24. The molecule has 1 heterocycles. The highest BCUT2D eigenvalue weighted by Gasteiger charge is 2.16. The first-order valence-corrected chi connectivity index (χ1v) is 5.68. The number of Topliss-reactive ketones (excluding diaryl/α,β-unsaturated/α-hetero) is 1. The SMILES string of the molecule is COC(=O)CC(=O)c1cc2ccc(Br)cc2o1. The fourth-order valence-electron chi connectivity index (χ4n) is 1.43. The van der Waals surface area contributed by atoms with Gasteiger partial charge in [0.25, 0.3) is 0 Å². The summed E-state index contributed by atoms with van der Waals surface area (Å²) in [6, 6.07) is 7.07. The van der Waals surface area contributed by atoms with E-state index in [9.17, 15) is 9.59 Å². The van der Waals surface area contributed by atoms with Gasteiger partial charge in [-0.05, 0) is 24.3 Å². The molecule has 2 aromatic rings. The van der Waals surface area contributed by atoms with Crippen molar-refractivity contribution in [1.29, 1.82) is 0 Å². The molecule has 1 aromatic carbocycles. The van der Waals surface area contributed by atoms with Crippen molar-refractivity contribution in [2.24, 2.45) is 0 Å². The Morgan fingerprint density at radius 3 is 2.82 bits per heavy atom. The standard InChI is InChI=1S/C12H9BrO4/c1-16-12(15)6-9(14)11-4-7-2-3-8(13)5-10(7)17-11/h2-5H,6H2,1H3. The van der Waals surface area contributed by atoms with Crippen LogP contribution in [0.1, 0.15) is 17.0 Å². The van der Waals surface area contributed by atoms with E-state index < -0.39 is 5.97 Å². The third-order valence-electron chi connectivity index (χ3n) is 2.29. The second-order valence-electron chi connectivity index (χ2n) is 3.47. The van der Waals surface area contributed by atoms with Crippen molar-refractivity contribution >= 4 is 38.7 Å². The average molecular weight is 297 g/mol. The lowest BCUT2D eigenvalue weighted by Gasteiger charge is -1.95. The lowest BCUT2D eigenvalue weighted by atomic mass is 10.2. The summed E-state index contributed by atoms with van der Waals surface area (Å²) in [4.78, 5) is 22.6. The van der Waals surface area contributed by atoms with Gasteiger partial charge in [0.1, 0.15) is 12.0 Å². The van der Waals surface area contributed by atoms with E-state index >= 15 is 0 Å². The van der Waals surface area contributed by atoms with Crippen LogP contribution in [0, 0.1) is 0 Å². The Morgan fingerprint density at radius 2 is 2.12 bits per heavy atom. The Balaban J connectivity index is 2.30. The van der Waals surface area contributed by atoms with Crippen molar-refractivity contribution in [3.63, 3.8) is 0 Å². The van der Waals surface area contributed by atoms with E-state index in [1.165, 1.54) is 7.11 Å². The minimum absolute atomic E-state index is 0.170. The zero-order chi connectivity index (χ0) is 12.4. The van der Waals surface area contributed by atoms with Crippen LogP contribution in [-0.2, 0) is 9.53 Å². The van der Waals surface area contributed by atoms with E-state index in [1.807, 2.05) is 12.1 Å². The fourth-order valence-corrected chi connectivity index (χ4v) is 1.77. The molecule has 0 aliphatic carbocycles. The first-order chi connectivity index (χ1) is 8.10. The third-order valence-corrected chi connectivity index (χ3v) is 2.78. The fraction of sp³-hybridized carbons (Fsp3) is 0.167. The summed E-state index contributed by atoms with van der Waals surface area (Å²) >= 11 is 3.31. The largest absolute Gasteiger partial charge is 0.469 e. The molecular weight excluding hydrogens is 288 g/mol. The molecule has 0 aliphatic heterocycles.